The Morgan fingerprint density at radius 3 is 2.93 bits per heavy atom. The standard InChI is InChI=1S/C11H21NO3/c1-9(2)6-12-7-10(4-3-5-13)15-8-11(12)14/h9-10,13H,3-8H2,1-2H3. The molecular weight excluding hydrogens is 194 g/mol. The summed E-state index contributed by atoms with van der Waals surface area (Å²) in [5.41, 5.74) is 0. The Kier molecular flexibility index (Phi) is 5.05. The fraction of sp³-hybridized carbons (Fsp3) is 0.909. The average molecular weight is 215 g/mol. The number of aliphatic hydroxyl groups is 1. The van der Waals surface area contributed by atoms with Crippen LogP contribution in [0.15, 0.2) is 0 Å². The molecule has 1 rings (SSSR count). The second-order valence-electron chi connectivity index (χ2n) is 4.49. The van der Waals surface area contributed by atoms with Crippen molar-refractivity contribution in [3.8, 4) is 0 Å². The second-order valence-corrected chi connectivity index (χ2v) is 4.49. The highest BCUT2D eigenvalue weighted by atomic mass is 16.5. The molecule has 1 atom stereocenters. The van der Waals surface area contributed by atoms with E-state index in [1.165, 1.54) is 0 Å². The van der Waals surface area contributed by atoms with Crippen molar-refractivity contribution in [1.29, 1.82) is 0 Å². The molecule has 0 spiro atoms. The molecule has 88 valence electrons. The van der Waals surface area contributed by atoms with Crippen molar-refractivity contribution < 1.29 is 14.6 Å². The van der Waals surface area contributed by atoms with Crippen molar-refractivity contribution in [2.75, 3.05) is 26.3 Å². The van der Waals surface area contributed by atoms with E-state index in [-0.39, 0.29) is 25.2 Å². The van der Waals surface area contributed by atoms with Gasteiger partial charge in [-0.25, -0.2) is 0 Å². The quantitative estimate of drug-likeness (QED) is 0.732. The number of amides is 1. The minimum absolute atomic E-state index is 0.0870. The van der Waals surface area contributed by atoms with Gasteiger partial charge in [0.05, 0.1) is 6.10 Å². The maximum absolute atomic E-state index is 11.5. The third-order valence-corrected chi connectivity index (χ3v) is 2.49. The van der Waals surface area contributed by atoms with Crippen molar-refractivity contribution in [3.63, 3.8) is 0 Å². The summed E-state index contributed by atoms with van der Waals surface area (Å²) in [6.07, 6.45) is 1.68. The topological polar surface area (TPSA) is 49.8 Å². The largest absolute Gasteiger partial charge is 0.396 e. The molecule has 1 saturated heterocycles. The molecule has 0 aliphatic carbocycles. The lowest BCUT2D eigenvalue weighted by Crippen LogP contribution is -2.47. The summed E-state index contributed by atoms with van der Waals surface area (Å²) in [6.45, 7) is 6.08. The summed E-state index contributed by atoms with van der Waals surface area (Å²) in [6, 6.07) is 0. The molecular formula is C11H21NO3. The van der Waals surface area contributed by atoms with E-state index in [1.54, 1.807) is 0 Å². The second kappa shape index (κ2) is 6.08. The SMILES string of the molecule is CC(C)CN1CC(CCCO)OCC1=O. The summed E-state index contributed by atoms with van der Waals surface area (Å²) < 4.78 is 5.40. The smallest absolute Gasteiger partial charge is 0.248 e. The molecule has 1 amide bonds. The minimum Gasteiger partial charge on any atom is -0.396 e. The fourth-order valence-electron chi connectivity index (χ4n) is 1.79. The molecule has 0 aromatic heterocycles. The van der Waals surface area contributed by atoms with Crippen LogP contribution in [0.3, 0.4) is 0 Å². The molecule has 0 radical (unpaired) electrons. The molecule has 0 bridgehead atoms. The number of ether oxygens (including phenoxy) is 1. The van der Waals surface area contributed by atoms with Crippen molar-refractivity contribution >= 4 is 5.91 Å². The predicted molar refractivity (Wildman–Crippen MR) is 57.5 cm³/mol. The molecule has 0 aromatic rings. The van der Waals surface area contributed by atoms with Crippen LogP contribution < -0.4 is 0 Å². The van der Waals surface area contributed by atoms with Gasteiger partial charge in [-0.15, -0.1) is 0 Å². The molecule has 4 heteroatoms. The zero-order valence-corrected chi connectivity index (χ0v) is 9.61. The monoisotopic (exact) mass is 215 g/mol. The van der Waals surface area contributed by atoms with Gasteiger partial charge in [0.1, 0.15) is 6.61 Å². The molecule has 1 N–H and O–H groups in total. The van der Waals surface area contributed by atoms with Crippen molar-refractivity contribution in [3.05, 3.63) is 0 Å². The van der Waals surface area contributed by atoms with Crippen LogP contribution in [0.25, 0.3) is 0 Å². The van der Waals surface area contributed by atoms with Crippen molar-refractivity contribution in [1.82, 2.24) is 4.90 Å². The van der Waals surface area contributed by atoms with E-state index in [2.05, 4.69) is 13.8 Å². The average Bonchev–Trinajstić information content (AvgIpc) is 2.18. The van der Waals surface area contributed by atoms with Crippen molar-refractivity contribution in [2.24, 2.45) is 5.92 Å². The van der Waals surface area contributed by atoms with E-state index in [4.69, 9.17) is 9.84 Å². The third kappa shape index (κ3) is 4.18. The number of hydrogen-bond acceptors (Lipinski definition) is 3. The van der Waals surface area contributed by atoms with Gasteiger partial charge < -0.3 is 14.7 Å². The van der Waals surface area contributed by atoms with E-state index in [0.29, 0.717) is 12.5 Å². The molecule has 0 aromatic carbocycles. The van der Waals surface area contributed by atoms with Gasteiger partial charge in [0.25, 0.3) is 0 Å². The van der Waals surface area contributed by atoms with E-state index >= 15 is 0 Å². The number of carbonyl (C=O) groups excluding carboxylic acids is 1. The number of nitrogens with zero attached hydrogens (tertiary/aromatic N) is 1. The van der Waals surface area contributed by atoms with Crippen LogP contribution in [0.5, 0.6) is 0 Å². The number of carbonyl (C=O) groups is 1. The van der Waals surface area contributed by atoms with Gasteiger partial charge in [-0.05, 0) is 18.8 Å². The summed E-state index contributed by atoms with van der Waals surface area (Å²) in [5.74, 6) is 0.578. The van der Waals surface area contributed by atoms with Crippen LogP contribution in [0.4, 0.5) is 0 Å². The van der Waals surface area contributed by atoms with Crippen molar-refractivity contribution in [2.45, 2.75) is 32.8 Å². The summed E-state index contributed by atoms with van der Waals surface area (Å²) in [5, 5.41) is 8.72. The number of hydrogen-bond donors (Lipinski definition) is 1. The summed E-state index contributed by atoms with van der Waals surface area (Å²) in [4.78, 5) is 13.4. The number of morpholine rings is 1. The first-order chi connectivity index (χ1) is 7.13. The summed E-state index contributed by atoms with van der Waals surface area (Å²) in [7, 11) is 0. The molecule has 1 fully saturated rings. The predicted octanol–water partition coefficient (Wildman–Crippen LogP) is 0.642. The Morgan fingerprint density at radius 1 is 1.60 bits per heavy atom. The highest BCUT2D eigenvalue weighted by molar-refractivity contribution is 5.78. The van der Waals surface area contributed by atoms with Gasteiger partial charge in [0, 0.05) is 19.7 Å². The molecule has 1 heterocycles. The molecule has 15 heavy (non-hydrogen) atoms. The molecule has 0 saturated carbocycles. The van der Waals surface area contributed by atoms with Crippen LogP contribution in [0, 0.1) is 5.92 Å². The zero-order valence-electron chi connectivity index (χ0n) is 9.61. The Hall–Kier alpha value is -0.610. The molecule has 1 aliphatic rings. The Bertz CT molecular complexity index is 206. The Morgan fingerprint density at radius 2 is 2.33 bits per heavy atom. The van der Waals surface area contributed by atoms with Crippen LogP contribution in [-0.2, 0) is 9.53 Å². The summed E-state index contributed by atoms with van der Waals surface area (Å²) >= 11 is 0. The fourth-order valence-corrected chi connectivity index (χ4v) is 1.79. The first kappa shape index (κ1) is 12.5. The van der Waals surface area contributed by atoms with E-state index < -0.39 is 0 Å². The lowest BCUT2D eigenvalue weighted by molar-refractivity contribution is -0.150. The Labute approximate surface area is 91.2 Å². The van der Waals surface area contributed by atoms with Gasteiger partial charge >= 0.3 is 0 Å². The highest BCUT2D eigenvalue weighted by Crippen LogP contribution is 2.12. The first-order valence-electron chi connectivity index (χ1n) is 5.63. The number of rotatable bonds is 5. The lowest BCUT2D eigenvalue weighted by atomic mass is 10.1. The first-order valence-corrected chi connectivity index (χ1v) is 5.63. The van der Waals surface area contributed by atoms with Crippen LogP contribution in [-0.4, -0.2) is 48.3 Å². The zero-order chi connectivity index (χ0) is 11.3. The Balaban J connectivity index is 2.37. The van der Waals surface area contributed by atoms with E-state index in [1.807, 2.05) is 4.90 Å². The highest BCUT2D eigenvalue weighted by Gasteiger charge is 2.25. The minimum atomic E-state index is 0.0870. The van der Waals surface area contributed by atoms with Gasteiger partial charge in [0.2, 0.25) is 5.91 Å². The number of aliphatic hydroxyl groups excluding tert-OH is 1. The van der Waals surface area contributed by atoms with Gasteiger partial charge in [0.15, 0.2) is 0 Å². The molecule has 1 aliphatic heterocycles. The van der Waals surface area contributed by atoms with Gasteiger partial charge in [-0.2, -0.15) is 0 Å². The normalized spacial score (nSPS) is 22.5. The van der Waals surface area contributed by atoms with Crippen LogP contribution in [0.1, 0.15) is 26.7 Å². The van der Waals surface area contributed by atoms with E-state index in [9.17, 15) is 4.79 Å². The van der Waals surface area contributed by atoms with E-state index in [0.717, 1.165) is 19.4 Å². The maximum Gasteiger partial charge on any atom is 0.248 e. The maximum atomic E-state index is 11.5. The van der Waals surface area contributed by atoms with Crippen LogP contribution >= 0.6 is 0 Å². The molecule has 1 unspecified atom stereocenters. The van der Waals surface area contributed by atoms with Gasteiger partial charge in [-0.3, -0.25) is 4.79 Å². The van der Waals surface area contributed by atoms with Gasteiger partial charge in [-0.1, -0.05) is 13.8 Å². The third-order valence-electron chi connectivity index (χ3n) is 2.49. The lowest BCUT2D eigenvalue weighted by Gasteiger charge is -2.33. The molecule has 4 nitrogen and oxygen atoms in total. The van der Waals surface area contributed by atoms with Crippen LogP contribution in [0.2, 0.25) is 0 Å².